The van der Waals surface area contributed by atoms with Crippen LogP contribution in [-0.4, -0.2) is 43.7 Å². The number of nitrogens with one attached hydrogen (secondary N) is 1. The number of benzene rings is 1. The summed E-state index contributed by atoms with van der Waals surface area (Å²) in [6.45, 7) is 4.75. The molecule has 0 radical (unpaired) electrons. The van der Waals surface area contributed by atoms with Gasteiger partial charge in [0.25, 0.3) is 0 Å². The Morgan fingerprint density at radius 3 is 2.54 bits per heavy atom. The van der Waals surface area contributed by atoms with E-state index in [0.717, 1.165) is 19.3 Å². The molecule has 1 heterocycles. The van der Waals surface area contributed by atoms with Gasteiger partial charge in [-0.25, -0.2) is 8.42 Å². The monoisotopic (exact) mass is 374 g/mol. The van der Waals surface area contributed by atoms with Crippen LogP contribution in [0.1, 0.15) is 33.1 Å². The van der Waals surface area contributed by atoms with E-state index in [9.17, 15) is 13.2 Å². The Hall–Kier alpha value is -1.31. The fourth-order valence-electron chi connectivity index (χ4n) is 2.56. The van der Waals surface area contributed by atoms with Crippen LogP contribution < -0.4 is 10.1 Å². The van der Waals surface area contributed by atoms with Crippen molar-refractivity contribution in [2.24, 2.45) is 0 Å². The van der Waals surface area contributed by atoms with Crippen molar-refractivity contribution in [3.8, 4) is 5.75 Å². The van der Waals surface area contributed by atoms with Crippen LogP contribution in [0.25, 0.3) is 0 Å². The molecule has 1 saturated heterocycles. The van der Waals surface area contributed by atoms with E-state index in [1.165, 1.54) is 16.4 Å². The number of amides is 1. The summed E-state index contributed by atoms with van der Waals surface area (Å²) in [5, 5.41) is 2.60. The number of hydrogen-bond acceptors (Lipinski definition) is 4. The van der Waals surface area contributed by atoms with Crippen LogP contribution in [-0.2, 0) is 14.8 Å². The first-order valence-corrected chi connectivity index (χ1v) is 9.98. The number of nitrogens with zero attached hydrogens (tertiary/aromatic N) is 1. The molecule has 1 amide bonds. The molecular formula is C16H23ClN2O4S. The summed E-state index contributed by atoms with van der Waals surface area (Å²) in [4.78, 5) is 11.8. The predicted octanol–water partition coefficient (Wildman–Crippen LogP) is 2.83. The molecule has 1 fully saturated rings. The second-order valence-electron chi connectivity index (χ2n) is 5.97. The first-order valence-electron chi connectivity index (χ1n) is 8.01. The van der Waals surface area contributed by atoms with E-state index in [4.69, 9.17) is 16.3 Å². The topological polar surface area (TPSA) is 75.7 Å². The lowest BCUT2D eigenvalue weighted by molar-refractivity contribution is -0.113. The predicted molar refractivity (Wildman–Crippen MR) is 94.2 cm³/mol. The van der Waals surface area contributed by atoms with Crippen LogP contribution in [0.2, 0.25) is 0 Å². The van der Waals surface area contributed by atoms with Crippen LogP contribution in [0.5, 0.6) is 5.75 Å². The largest absolute Gasteiger partial charge is 0.489 e. The van der Waals surface area contributed by atoms with Crippen LogP contribution >= 0.6 is 11.6 Å². The molecule has 1 aliphatic rings. The minimum atomic E-state index is -3.58. The lowest BCUT2D eigenvalue weighted by atomic mass is 10.2. The van der Waals surface area contributed by atoms with Crippen molar-refractivity contribution in [1.82, 2.24) is 4.31 Å². The molecule has 0 aromatic heterocycles. The molecule has 1 aliphatic heterocycles. The molecule has 0 bridgehead atoms. The Morgan fingerprint density at radius 1 is 1.29 bits per heavy atom. The number of rotatable bonds is 6. The first kappa shape index (κ1) is 19.0. The third kappa shape index (κ3) is 4.62. The molecule has 2 rings (SSSR count). The van der Waals surface area contributed by atoms with Crippen molar-refractivity contribution >= 4 is 33.2 Å². The molecule has 134 valence electrons. The van der Waals surface area contributed by atoms with E-state index >= 15 is 0 Å². The number of halogens is 1. The van der Waals surface area contributed by atoms with Crippen molar-refractivity contribution in [2.75, 3.05) is 24.3 Å². The number of carbonyl (C=O) groups excluding carboxylic acids is 1. The highest BCUT2D eigenvalue weighted by atomic mass is 35.5. The Morgan fingerprint density at radius 2 is 1.96 bits per heavy atom. The van der Waals surface area contributed by atoms with E-state index < -0.39 is 15.9 Å². The maximum Gasteiger partial charge on any atom is 0.243 e. The molecule has 1 aromatic rings. The second-order valence-corrected chi connectivity index (χ2v) is 8.18. The SMILES string of the molecule is CC(C)Oc1ccc(S(=O)(=O)N2CCCCC2)cc1NC(=O)CCl. The third-order valence-electron chi connectivity index (χ3n) is 3.66. The summed E-state index contributed by atoms with van der Waals surface area (Å²) in [5.74, 6) is -0.219. The van der Waals surface area contributed by atoms with E-state index in [2.05, 4.69) is 5.32 Å². The summed E-state index contributed by atoms with van der Waals surface area (Å²) in [5.41, 5.74) is 0.312. The van der Waals surface area contributed by atoms with E-state index in [-0.39, 0.29) is 16.9 Å². The van der Waals surface area contributed by atoms with Gasteiger partial charge in [0, 0.05) is 13.1 Å². The van der Waals surface area contributed by atoms with Crippen LogP contribution in [0, 0.1) is 0 Å². The first-order chi connectivity index (χ1) is 11.3. The Balaban J connectivity index is 2.36. The average molecular weight is 375 g/mol. The molecule has 24 heavy (non-hydrogen) atoms. The summed E-state index contributed by atoms with van der Waals surface area (Å²) in [7, 11) is -3.58. The molecule has 0 unspecified atom stereocenters. The zero-order chi connectivity index (χ0) is 17.7. The number of carbonyl (C=O) groups is 1. The number of alkyl halides is 1. The van der Waals surface area contributed by atoms with Gasteiger partial charge in [-0.15, -0.1) is 11.6 Å². The van der Waals surface area contributed by atoms with Gasteiger partial charge in [-0.05, 0) is 44.9 Å². The average Bonchev–Trinajstić information content (AvgIpc) is 2.56. The van der Waals surface area contributed by atoms with Crippen LogP contribution in [0.15, 0.2) is 23.1 Å². The highest BCUT2D eigenvalue weighted by molar-refractivity contribution is 7.89. The number of sulfonamides is 1. The molecule has 1 N–H and O–H groups in total. The molecule has 0 aliphatic carbocycles. The van der Waals surface area contributed by atoms with Gasteiger partial charge in [-0.2, -0.15) is 4.31 Å². The van der Waals surface area contributed by atoms with Crippen molar-refractivity contribution in [3.63, 3.8) is 0 Å². The van der Waals surface area contributed by atoms with Crippen molar-refractivity contribution < 1.29 is 17.9 Å². The Labute approximate surface area is 148 Å². The minimum absolute atomic E-state index is 0.110. The van der Waals surface area contributed by atoms with E-state index in [1.54, 1.807) is 6.07 Å². The van der Waals surface area contributed by atoms with Gasteiger partial charge in [0.05, 0.1) is 16.7 Å². The second kappa shape index (κ2) is 8.18. The fourth-order valence-corrected chi connectivity index (χ4v) is 4.17. The summed E-state index contributed by atoms with van der Waals surface area (Å²) in [6, 6.07) is 4.52. The van der Waals surface area contributed by atoms with E-state index in [1.807, 2.05) is 13.8 Å². The lowest BCUT2D eigenvalue weighted by Gasteiger charge is -2.26. The summed E-state index contributed by atoms with van der Waals surface area (Å²) < 4.78 is 32.7. The highest BCUT2D eigenvalue weighted by Crippen LogP contribution is 2.31. The van der Waals surface area contributed by atoms with Crippen molar-refractivity contribution in [1.29, 1.82) is 0 Å². The standard InChI is InChI=1S/C16H23ClN2O4S/c1-12(2)23-15-7-6-13(10-14(15)18-16(20)11-17)24(21,22)19-8-4-3-5-9-19/h6-7,10,12H,3-5,8-9,11H2,1-2H3,(H,18,20). The number of anilines is 1. The van der Waals surface area contributed by atoms with Gasteiger partial charge >= 0.3 is 0 Å². The quantitative estimate of drug-likeness (QED) is 0.777. The summed E-state index contributed by atoms with van der Waals surface area (Å²) in [6.07, 6.45) is 2.67. The highest BCUT2D eigenvalue weighted by Gasteiger charge is 2.27. The molecule has 8 heteroatoms. The minimum Gasteiger partial charge on any atom is -0.489 e. The molecule has 1 aromatic carbocycles. The lowest BCUT2D eigenvalue weighted by Crippen LogP contribution is -2.35. The Bertz CT molecular complexity index is 685. The smallest absolute Gasteiger partial charge is 0.243 e. The number of ether oxygens (including phenoxy) is 1. The zero-order valence-electron chi connectivity index (χ0n) is 13.9. The fraction of sp³-hybridized carbons (Fsp3) is 0.562. The molecule has 0 spiro atoms. The van der Waals surface area contributed by atoms with Gasteiger partial charge in [0.15, 0.2) is 0 Å². The van der Waals surface area contributed by atoms with E-state index in [0.29, 0.717) is 24.5 Å². The van der Waals surface area contributed by atoms with Gasteiger partial charge in [-0.1, -0.05) is 6.42 Å². The van der Waals surface area contributed by atoms with Crippen LogP contribution in [0.3, 0.4) is 0 Å². The van der Waals surface area contributed by atoms with Gasteiger partial charge < -0.3 is 10.1 Å². The van der Waals surface area contributed by atoms with Crippen molar-refractivity contribution in [2.45, 2.75) is 44.1 Å². The maximum absolute atomic E-state index is 12.8. The third-order valence-corrected chi connectivity index (χ3v) is 5.80. The molecule has 6 nitrogen and oxygen atoms in total. The normalized spacial score (nSPS) is 16.2. The summed E-state index contributed by atoms with van der Waals surface area (Å²) >= 11 is 5.53. The van der Waals surface area contributed by atoms with Crippen molar-refractivity contribution in [3.05, 3.63) is 18.2 Å². The molecule has 0 saturated carbocycles. The van der Waals surface area contributed by atoms with Gasteiger partial charge in [-0.3, -0.25) is 4.79 Å². The zero-order valence-corrected chi connectivity index (χ0v) is 15.5. The molecular weight excluding hydrogens is 352 g/mol. The number of piperidine rings is 1. The Kier molecular flexibility index (Phi) is 6.48. The number of hydrogen-bond donors (Lipinski definition) is 1. The van der Waals surface area contributed by atoms with Gasteiger partial charge in [0.1, 0.15) is 11.6 Å². The van der Waals surface area contributed by atoms with Gasteiger partial charge in [0.2, 0.25) is 15.9 Å². The molecule has 0 atom stereocenters. The maximum atomic E-state index is 12.8. The van der Waals surface area contributed by atoms with Crippen LogP contribution in [0.4, 0.5) is 5.69 Å².